The summed E-state index contributed by atoms with van der Waals surface area (Å²) in [6.07, 6.45) is 0. The SMILES string of the molecule is CC(N)c1nc2ccc(F)cc2c(=O)[nH]1. The Labute approximate surface area is 84.9 Å². The van der Waals surface area contributed by atoms with Crippen LogP contribution in [0.15, 0.2) is 23.0 Å². The molecule has 0 amide bonds. The van der Waals surface area contributed by atoms with Gasteiger partial charge in [-0.3, -0.25) is 4.79 Å². The van der Waals surface area contributed by atoms with Gasteiger partial charge in [0.15, 0.2) is 0 Å². The van der Waals surface area contributed by atoms with Crippen molar-refractivity contribution in [1.82, 2.24) is 9.97 Å². The molecule has 2 aromatic rings. The quantitative estimate of drug-likeness (QED) is 0.735. The summed E-state index contributed by atoms with van der Waals surface area (Å²) in [5.41, 5.74) is 5.68. The molecular weight excluding hydrogens is 197 g/mol. The molecule has 1 aromatic carbocycles. The van der Waals surface area contributed by atoms with Crippen molar-refractivity contribution in [2.24, 2.45) is 5.73 Å². The van der Waals surface area contributed by atoms with Gasteiger partial charge in [0.1, 0.15) is 11.6 Å². The molecule has 15 heavy (non-hydrogen) atoms. The van der Waals surface area contributed by atoms with Crippen molar-refractivity contribution in [2.75, 3.05) is 0 Å². The van der Waals surface area contributed by atoms with E-state index in [9.17, 15) is 9.18 Å². The molecule has 2 rings (SSSR count). The van der Waals surface area contributed by atoms with Crippen LogP contribution in [-0.4, -0.2) is 9.97 Å². The van der Waals surface area contributed by atoms with Crippen molar-refractivity contribution in [3.8, 4) is 0 Å². The molecule has 1 aromatic heterocycles. The number of benzene rings is 1. The number of rotatable bonds is 1. The lowest BCUT2D eigenvalue weighted by Crippen LogP contribution is -2.17. The third-order valence-corrected chi connectivity index (χ3v) is 2.12. The lowest BCUT2D eigenvalue weighted by Gasteiger charge is -2.05. The summed E-state index contributed by atoms with van der Waals surface area (Å²) in [5.74, 6) is -0.0533. The number of halogens is 1. The van der Waals surface area contributed by atoms with E-state index < -0.39 is 5.82 Å². The van der Waals surface area contributed by atoms with Crippen LogP contribution in [-0.2, 0) is 0 Å². The average molecular weight is 207 g/mol. The van der Waals surface area contributed by atoms with Crippen LogP contribution in [0.5, 0.6) is 0 Å². The van der Waals surface area contributed by atoms with Crippen LogP contribution < -0.4 is 11.3 Å². The van der Waals surface area contributed by atoms with Crippen LogP contribution in [0.4, 0.5) is 4.39 Å². The summed E-state index contributed by atoms with van der Waals surface area (Å²) >= 11 is 0. The van der Waals surface area contributed by atoms with Gasteiger partial charge in [0, 0.05) is 0 Å². The first-order valence-electron chi connectivity index (χ1n) is 4.53. The van der Waals surface area contributed by atoms with Gasteiger partial charge in [-0.05, 0) is 25.1 Å². The second-order valence-electron chi connectivity index (χ2n) is 3.40. The number of H-pyrrole nitrogens is 1. The van der Waals surface area contributed by atoms with Gasteiger partial charge < -0.3 is 10.7 Å². The normalized spacial score (nSPS) is 13.0. The summed E-state index contributed by atoms with van der Waals surface area (Å²) in [4.78, 5) is 18.2. The standard InChI is InChI=1S/C10H10FN3O/c1-5(12)9-13-8-3-2-6(11)4-7(8)10(15)14-9/h2-5H,12H2,1H3,(H,13,14,15). The molecule has 0 saturated carbocycles. The molecule has 0 radical (unpaired) electrons. The largest absolute Gasteiger partial charge is 0.322 e. The molecule has 0 aliphatic carbocycles. The van der Waals surface area contributed by atoms with Gasteiger partial charge in [-0.25, -0.2) is 9.37 Å². The highest BCUT2D eigenvalue weighted by molar-refractivity contribution is 5.77. The van der Waals surface area contributed by atoms with Crippen molar-refractivity contribution in [2.45, 2.75) is 13.0 Å². The average Bonchev–Trinajstić information content (AvgIpc) is 2.18. The smallest absolute Gasteiger partial charge is 0.258 e. The topological polar surface area (TPSA) is 71.8 Å². The number of hydrogen-bond donors (Lipinski definition) is 2. The first-order chi connectivity index (χ1) is 7.08. The summed E-state index contributed by atoms with van der Waals surface area (Å²) in [6, 6.07) is 3.53. The number of aromatic amines is 1. The maximum Gasteiger partial charge on any atom is 0.258 e. The van der Waals surface area contributed by atoms with Gasteiger partial charge in [-0.1, -0.05) is 0 Å². The Morgan fingerprint density at radius 2 is 2.27 bits per heavy atom. The first-order valence-corrected chi connectivity index (χ1v) is 4.53. The van der Waals surface area contributed by atoms with Crippen molar-refractivity contribution in [3.05, 3.63) is 40.2 Å². The zero-order valence-electron chi connectivity index (χ0n) is 8.12. The zero-order valence-corrected chi connectivity index (χ0v) is 8.12. The van der Waals surface area contributed by atoms with Gasteiger partial charge in [-0.2, -0.15) is 0 Å². The second kappa shape index (κ2) is 3.43. The molecular formula is C10H10FN3O. The van der Waals surface area contributed by atoms with E-state index >= 15 is 0 Å². The van der Waals surface area contributed by atoms with E-state index in [4.69, 9.17) is 5.73 Å². The Hall–Kier alpha value is -1.75. The van der Waals surface area contributed by atoms with E-state index in [0.717, 1.165) is 6.07 Å². The highest BCUT2D eigenvalue weighted by Crippen LogP contribution is 2.10. The van der Waals surface area contributed by atoms with E-state index in [1.807, 2.05) is 0 Å². The van der Waals surface area contributed by atoms with Crippen molar-refractivity contribution < 1.29 is 4.39 Å². The number of nitrogens with one attached hydrogen (secondary N) is 1. The van der Waals surface area contributed by atoms with Crippen molar-refractivity contribution in [1.29, 1.82) is 0 Å². The molecule has 4 nitrogen and oxygen atoms in total. The maximum atomic E-state index is 12.9. The molecule has 0 aliphatic heterocycles. The fourth-order valence-corrected chi connectivity index (χ4v) is 1.34. The van der Waals surface area contributed by atoms with E-state index in [1.165, 1.54) is 12.1 Å². The lowest BCUT2D eigenvalue weighted by molar-refractivity contribution is 0.629. The number of aromatic nitrogens is 2. The van der Waals surface area contributed by atoms with Crippen molar-refractivity contribution in [3.63, 3.8) is 0 Å². The molecule has 0 spiro atoms. The lowest BCUT2D eigenvalue weighted by atomic mass is 10.2. The molecule has 1 unspecified atom stereocenters. The van der Waals surface area contributed by atoms with Crippen molar-refractivity contribution >= 4 is 10.9 Å². The highest BCUT2D eigenvalue weighted by Gasteiger charge is 2.07. The number of nitrogens with two attached hydrogens (primary N) is 1. The summed E-state index contributed by atoms with van der Waals surface area (Å²) in [7, 11) is 0. The van der Waals surface area contributed by atoms with Crippen LogP contribution in [0.2, 0.25) is 0 Å². The molecule has 0 aliphatic rings. The van der Waals surface area contributed by atoms with Crippen LogP contribution in [0.1, 0.15) is 18.8 Å². The van der Waals surface area contributed by atoms with Gasteiger partial charge >= 0.3 is 0 Å². The van der Waals surface area contributed by atoms with E-state index in [2.05, 4.69) is 9.97 Å². The predicted octanol–water partition coefficient (Wildman–Crippen LogP) is 1.08. The first kappa shape index (κ1) is 9.79. The van der Waals surface area contributed by atoms with E-state index in [1.54, 1.807) is 6.92 Å². The Balaban J connectivity index is 2.79. The molecule has 0 saturated heterocycles. The Bertz CT molecular complexity index is 562. The Morgan fingerprint density at radius 3 is 2.93 bits per heavy atom. The van der Waals surface area contributed by atoms with Gasteiger partial charge in [0.2, 0.25) is 0 Å². The van der Waals surface area contributed by atoms with E-state index in [-0.39, 0.29) is 17.0 Å². The molecule has 3 N–H and O–H groups in total. The minimum absolute atomic E-state index is 0.236. The number of hydrogen-bond acceptors (Lipinski definition) is 3. The third kappa shape index (κ3) is 1.73. The Morgan fingerprint density at radius 1 is 1.53 bits per heavy atom. The number of fused-ring (bicyclic) bond motifs is 1. The van der Waals surface area contributed by atoms with Crippen LogP contribution >= 0.6 is 0 Å². The third-order valence-electron chi connectivity index (χ3n) is 2.12. The van der Waals surface area contributed by atoms with Crippen LogP contribution in [0, 0.1) is 5.82 Å². The van der Waals surface area contributed by atoms with Crippen LogP contribution in [0.25, 0.3) is 10.9 Å². The minimum atomic E-state index is -0.455. The monoisotopic (exact) mass is 207 g/mol. The van der Waals surface area contributed by atoms with Gasteiger partial charge in [-0.15, -0.1) is 0 Å². The molecule has 0 bridgehead atoms. The Kier molecular flexibility index (Phi) is 2.24. The fourth-order valence-electron chi connectivity index (χ4n) is 1.34. The van der Waals surface area contributed by atoms with E-state index in [0.29, 0.717) is 11.3 Å². The highest BCUT2D eigenvalue weighted by atomic mass is 19.1. The summed E-state index contributed by atoms with van der Waals surface area (Å²) in [6.45, 7) is 1.72. The minimum Gasteiger partial charge on any atom is -0.322 e. The van der Waals surface area contributed by atoms with Gasteiger partial charge in [0.25, 0.3) is 5.56 Å². The maximum absolute atomic E-state index is 12.9. The molecule has 78 valence electrons. The number of nitrogens with zero attached hydrogens (tertiary/aromatic N) is 1. The summed E-state index contributed by atoms with van der Waals surface area (Å²) in [5, 5.41) is 0.236. The molecule has 5 heteroatoms. The molecule has 1 heterocycles. The second-order valence-corrected chi connectivity index (χ2v) is 3.40. The molecule has 1 atom stereocenters. The van der Waals surface area contributed by atoms with Crippen LogP contribution in [0.3, 0.4) is 0 Å². The summed E-state index contributed by atoms with van der Waals surface area (Å²) < 4.78 is 12.9. The fraction of sp³-hybridized carbons (Fsp3) is 0.200. The molecule has 0 fully saturated rings. The predicted molar refractivity (Wildman–Crippen MR) is 54.9 cm³/mol. The zero-order chi connectivity index (χ0) is 11.0. The van der Waals surface area contributed by atoms with Gasteiger partial charge in [0.05, 0.1) is 16.9 Å².